The van der Waals surface area contributed by atoms with Crippen LogP contribution in [0.25, 0.3) is 17.6 Å². The van der Waals surface area contributed by atoms with Gasteiger partial charge in [-0.1, -0.05) is 6.08 Å². The number of hydrogen-bond donors (Lipinski definition) is 1. The normalized spacial score (nSPS) is 27.1. The molecule has 10 heteroatoms. The Kier molecular flexibility index (Phi) is 4.60. The number of hydrogen-bond acceptors (Lipinski definition) is 6. The molecule has 32 heavy (non-hydrogen) atoms. The molecule has 6 rings (SSSR count). The SMILES string of the molecule is O=C([C@@H]1CCCN(C2CC=c3[nH]c(-c4ccnc(C5CC5)n4)nc3=N2)C1)N1CC(F)(F)C1. The van der Waals surface area contributed by atoms with Crippen LogP contribution in [0.2, 0.25) is 0 Å². The van der Waals surface area contributed by atoms with Crippen LogP contribution in [0.15, 0.2) is 17.3 Å². The molecule has 168 valence electrons. The van der Waals surface area contributed by atoms with Crippen LogP contribution in [0.3, 0.4) is 0 Å². The number of carbonyl (C=O) groups excluding carboxylic acids is 1. The van der Waals surface area contributed by atoms with Gasteiger partial charge >= 0.3 is 0 Å². The van der Waals surface area contributed by atoms with Gasteiger partial charge in [-0.25, -0.2) is 28.7 Å². The summed E-state index contributed by atoms with van der Waals surface area (Å²) in [5.74, 6) is -1.09. The quantitative estimate of drug-likeness (QED) is 0.767. The molecule has 1 N–H and O–H groups in total. The van der Waals surface area contributed by atoms with Crippen LogP contribution >= 0.6 is 0 Å². The maximum atomic E-state index is 13.2. The summed E-state index contributed by atoms with van der Waals surface area (Å²) in [5, 5.41) is 0.885. The number of rotatable bonds is 4. The fraction of sp³-hybridized carbons (Fsp3) is 0.591. The molecule has 1 saturated carbocycles. The number of H-pyrrole nitrogens is 1. The van der Waals surface area contributed by atoms with E-state index in [1.165, 1.54) is 4.90 Å². The number of likely N-dealkylation sites (tertiary alicyclic amines) is 2. The van der Waals surface area contributed by atoms with E-state index in [1.54, 1.807) is 6.20 Å². The van der Waals surface area contributed by atoms with Crippen molar-refractivity contribution in [2.45, 2.75) is 50.1 Å². The first-order valence-corrected chi connectivity index (χ1v) is 11.3. The van der Waals surface area contributed by atoms with Crippen molar-refractivity contribution >= 4 is 12.0 Å². The van der Waals surface area contributed by atoms with Gasteiger partial charge in [0.2, 0.25) is 5.91 Å². The van der Waals surface area contributed by atoms with Crippen LogP contribution in [0, 0.1) is 5.92 Å². The topological polar surface area (TPSA) is 90.4 Å². The van der Waals surface area contributed by atoms with E-state index in [0.717, 1.165) is 49.1 Å². The van der Waals surface area contributed by atoms with Gasteiger partial charge in [0.25, 0.3) is 5.92 Å². The van der Waals surface area contributed by atoms with Crippen LogP contribution in [0.5, 0.6) is 0 Å². The van der Waals surface area contributed by atoms with E-state index in [-0.39, 0.29) is 18.0 Å². The molecule has 2 aromatic heterocycles. The third-order valence-corrected chi connectivity index (χ3v) is 6.75. The van der Waals surface area contributed by atoms with Crippen LogP contribution < -0.4 is 10.8 Å². The Morgan fingerprint density at radius 2 is 2.03 bits per heavy atom. The van der Waals surface area contributed by atoms with Gasteiger partial charge in [0.05, 0.1) is 24.4 Å². The summed E-state index contributed by atoms with van der Waals surface area (Å²) in [4.78, 5) is 38.0. The first-order chi connectivity index (χ1) is 15.4. The second-order valence-electron chi connectivity index (χ2n) is 9.33. The van der Waals surface area contributed by atoms with E-state index in [0.29, 0.717) is 30.2 Å². The number of piperidine rings is 1. The summed E-state index contributed by atoms with van der Waals surface area (Å²) in [5.41, 5.74) is 1.42. The minimum atomic E-state index is -2.73. The molecule has 0 spiro atoms. The number of nitrogens with one attached hydrogen (secondary N) is 1. The highest BCUT2D eigenvalue weighted by Gasteiger charge is 2.48. The lowest BCUT2D eigenvalue weighted by atomic mass is 9.94. The molecule has 2 saturated heterocycles. The monoisotopic (exact) mass is 441 g/mol. The number of fused-ring (bicyclic) bond motifs is 1. The summed E-state index contributed by atoms with van der Waals surface area (Å²) >= 11 is 0. The molecular formula is C22H25F2N7O. The minimum Gasteiger partial charge on any atom is -0.336 e. The number of nitrogens with zero attached hydrogens (tertiary/aromatic N) is 6. The Labute approximate surface area is 183 Å². The van der Waals surface area contributed by atoms with Gasteiger partial charge in [-0.15, -0.1) is 0 Å². The maximum Gasteiger partial charge on any atom is 0.282 e. The van der Waals surface area contributed by atoms with E-state index in [2.05, 4.69) is 30.9 Å². The van der Waals surface area contributed by atoms with Gasteiger partial charge in [-0.2, -0.15) is 0 Å². The van der Waals surface area contributed by atoms with Crippen molar-refractivity contribution in [1.82, 2.24) is 29.7 Å². The van der Waals surface area contributed by atoms with Crippen LogP contribution in [0.4, 0.5) is 8.78 Å². The highest BCUT2D eigenvalue weighted by Crippen LogP contribution is 2.38. The first kappa shape index (κ1) is 19.9. The van der Waals surface area contributed by atoms with Crippen molar-refractivity contribution in [3.8, 4) is 11.5 Å². The molecule has 0 radical (unpaired) electrons. The van der Waals surface area contributed by atoms with Crippen LogP contribution in [-0.4, -0.2) is 73.9 Å². The van der Waals surface area contributed by atoms with Crippen LogP contribution in [-0.2, 0) is 4.79 Å². The van der Waals surface area contributed by atoms with E-state index in [1.807, 2.05) is 6.07 Å². The fourth-order valence-electron chi connectivity index (χ4n) is 4.84. The van der Waals surface area contributed by atoms with Gasteiger partial charge in [0, 0.05) is 31.6 Å². The molecule has 3 fully saturated rings. The summed E-state index contributed by atoms with van der Waals surface area (Å²) in [7, 11) is 0. The van der Waals surface area contributed by atoms with Crippen molar-refractivity contribution in [2.24, 2.45) is 10.9 Å². The fourth-order valence-corrected chi connectivity index (χ4v) is 4.84. The third-order valence-electron chi connectivity index (χ3n) is 6.75. The van der Waals surface area contributed by atoms with E-state index in [9.17, 15) is 13.6 Å². The molecule has 2 atom stereocenters. The lowest BCUT2D eigenvalue weighted by Crippen LogP contribution is -2.61. The molecule has 1 aliphatic carbocycles. The molecule has 4 aliphatic rings. The number of carbonyl (C=O) groups is 1. The Balaban J connectivity index is 1.18. The largest absolute Gasteiger partial charge is 0.336 e. The average Bonchev–Trinajstić information content (AvgIpc) is 3.55. The Morgan fingerprint density at radius 3 is 2.81 bits per heavy atom. The van der Waals surface area contributed by atoms with Crippen molar-refractivity contribution in [2.75, 3.05) is 26.2 Å². The van der Waals surface area contributed by atoms with Crippen molar-refractivity contribution < 1.29 is 13.6 Å². The van der Waals surface area contributed by atoms with Gasteiger partial charge in [-0.05, 0) is 31.7 Å². The first-order valence-electron chi connectivity index (χ1n) is 11.3. The number of imidazole rings is 1. The summed E-state index contributed by atoms with van der Waals surface area (Å²) in [6, 6.07) is 1.85. The van der Waals surface area contributed by atoms with Gasteiger partial charge in [0.1, 0.15) is 17.7 Å². The van der Waals surface area contributed by atoms with Gasteiger partial charge in [-0.3, -0.25) is 9.69 Å². The second kappa shape index (κ2) is 7.40. The highest BCUT2D eigenvalue weighted by atomic mass is 19.3. The predicted octanol–water partition coefficient (Wildman–Crippen LogP) is 1.06. The molecule has 1 amide bonds. The molecule has 8 nitrogen and oxygen atoms in total. The van der Waals surface area contributed by atoms with Crippen molar-refractivity contribution in [1.29, 1.82) is 0 Å². The zero-order valence-corrected chi connectivity index (χ0v) is 17.7. The van der Waals surface area contributed by atoms with Crippen LogP contribution in [0.1, 0.15) is 43.8 Å². The Bertz CT molecular complexity index is 1170. The zero-order chi connectivity index (χ0) is 21.9. The van der Waals surface area contributed by atoms with Crippen molar-refractivity contribution in [3.05, 3.63) is 28.9 Å². The minimum absolute atomic E-state index is 0.0977. The zero-order valence-electron chi connectivity index (χ0n) is 17.7. The predicted molar refractivity (Wildman–Crippen MR) is 111 cm³/mol. The number of aromatic nitrogens is 4. The van der Waals surface area contributed by atoms with Gasteiger partial charge in [0.15, 0.2) is 11.3 Å². The third kappa shape index (κ3) is 3.70. The summed E-state index contributed by atoms with van der Waals surface area (Å²) < 4.78 is 26.3. The second-order valence-corrected chi connectivity index (χ2v) is 9.33. The standard InChI is InChI=1S/C22H25F2N7O/c23-22(24)11-31(12-22)21(32)14-2-1-9-30(10-14)17-6-5-15-20(28-17)29-19(27-15)16-7-8-25-18(26-16)13-3-4-13/h5,7-8,13-14,17H,1-4,6,9-12H2,(H,27,28,29)/t14-,17?/m1/s1. The lowest BCUT2D eigenvalue weighted by Gasteiger charge is -2.43. The maximum absolute atomic E-state index is 13.2. The Morgan fingerprint density at radius 1 is 1.19 bits per heavy atom. The van der Waals surface area contributed by atoms with Crippen molar-refractivity contribution in [3.63, 3.8) is 0 Å². The highest BCUT2D eigenvalue weighted by molar-refractivity contribution is 5.80. The molecular weight excluding hydrogens is 416 g/mol. The molecule has 2 aromatic rings. The number of alkyl halides is 2. The smallest absolute Gasteiger partial charge is 0.282 e. The lowest BCUT2D eigenvalue weighted by molar-refractivity contribution is -0.171. The Hall–Kier alpha value is -2.75. The number of amides is 1. The van der Waals surface area contributed by atoms with Gasteiger partial charge < -0.3 is 9.88 Å². The molecule has 5 heterocycles. The molecule has 3 aliphatic heterocycles. The van der Waals surface area contributed by atoms with E-state index < -0.39 is 19.0 Å². The summed E-state index contributed by atoms with van der Waals surface area (Å²) in [6.07, 6.45) is 8.37. The number of aromatic amines is 1. The molecule has 0 bridgehead atoms. The van der Waals surface area contributed by atoms with E-state index >= 15 is 0 Å². The number of halogens is 2. The average molecular weight is 441 g/mol. The molecule has 0 aromatic carbocycles. The van der Waals surface area contributed by atoms with E-state index in [4.69, 9.17) is 4.99 Å². The summed E-state index contributed by atoms with van der Waals surface area (Å²) in [6.45, 7) is 0.487. The molecule has 1 unspecified atom stereocenters.